The standard InChI is InChI=1S/C25H34O4/c1-5-12-25(29-17(3)27)14-11-23-22-8-6-18-15-19(28-16(2)26)7-9-20(18)21(22)10-13-24(23,25)4/h12,15,19-23H,1,6-11,13-14H2,2-4H3/t19-,20-,21+,22+,23-,24-,25-/m0/s1. The molecule has 4 rings (SSSR count). The van der Waals surface area contributed by atoms with E-state index in [1.807, 2.05) is 6.08 Å². The molecule has 3 fully saturated rings. The zero-order chi connectivity index (χ0) is 20.8. The minimum atomic E-state index is -0.556. The van der Waals surface area contributed by atoms with Crippen LogP contribution in [0.2, 0.25) is 0 Å². The summed E-state index contributed by atoms with van der Waals surface area (Å²) in [7, 11) is 0. The van der Waals surface area contributed by atoms with E-state index < -0.39 is 5.60 Å². The maximum atomic E-state index is 11.9. The second kappa shape index (κ2) is 7.47. The number of carbonyl (C=O) groups is 2. The zero-order valence-corrected chi connectivity index (χ0v) is 18.0. The molecule has 0 spiro atoms. The van der Waals surface area contributed by atoms with Crippen LogP contribution in [0.1, 0.15) is 72.1 Å². The van der Waals surface area contributed by atoms with Gasteiger partial charge < -0.3 is 9.47 Å². The Morgan fingerprint density at radius 2 is 1.90 bits per heavy atom. The van der Waals surface area contributed by atoms with Crippen LogP contribution in [0.25, 0.3) is 0 Å². The van der Waals surface area contributed by atoms with E-state index in [4.69, 9.17) is 9.47 Å². The maximum absolute atomic E-state index is 11.9. The molecule has 7 atom stereocenters. The first-order chi connectivity index (χ1) is 13.8. The molecule has 4 heteroatoms. The van der Waals surface area contributed by atoms with Crippen molar-refractivity contribution in [2.24, 2.45) is 29.1 Å². The Morgan fingerprint density at radius 1 is 1.10 bits per heavy atom. The van der Waals surface area contributed by atoms with Crippen LogP contribution in [0, 0.1) is 29.1 Å². The fraction of sp³-hybridized carbons (Fsp3) is 0.720. The van der Waals surface area contributed by atoms with Gasteiger partial charge in [-0.05, 0) is 81.1 Å². The smallest absolute Gasteiger partial charge is 0.303 e. The Balaban J connectivity index is 1.58. The van der Waals surface area contributed by atoms with Crippen LogP contribution in [-0.2, 0) is 19.1 Å². The highest BCUT2D eigenvalue weighted by atomic mass is 16.6. The summed E-state index contributed by atoms with van der Waals surface area (Å²) in [6.07, 6.45) is 12.7. The SMILES string of the molecule is C=C=C[C@]1(OC(C)=O)CC[C@H]2[C@@H]3CCC4=C[C@@H](OC(C)=O)CC[C@@H]4[C@H]3CC[C@@]21C. The molecule has 0 aromatic rings. The average molecular weight is 399 g/mol. The molecule has 0 saturated heterocycles. The van der Waals surface area contributed by atoms with Gasteiger partial charge in [0.25, 0.3) is 0 Å². The molecule has 0 radical (unpaired) electrons. The van der Waals surface area contributed by atoms with Gasteiger partial charge in [0.05, 0.1) is 0 Å². The van der Waals surface area contributed by atoms with Crippen molar-refractivity contribution in [1.82, 2.24) is 0 Å². The molecule has 0 aromatic heterocycles. The molecule has 3 saturated carbocycles. The highest BCUT2D eigenvalue weighted by Crippen LogP contribution is 2.66. The average Bonchev–Trinajstić information content (AvgIpc) is 2.93. The van der Waals surface area contributed by atoms with Gasteiger partial charge in [-0.15, -0.1) is 5.73 Å². The monoisotopic (exact) mass is 398 g/mol. The van der Waals surface area contributed by atoms with E-state index in [0.29, 0.717) is 23.7 Å². The van der Waals surface area contributed by atoms with Gasteiger partial charge in [0.15, 0.2) is 0 Å². The minimum Gasteiger partial charge on any atom is -0.458 e. The van der Waals surface area contributed by atoms with Crippen LogP contribution in [0.4, 0.5) is 0 Å². The van der Waals surface area contributed by atoms with Crippen molar-refractivity contribution >= 4 is 11.9 Å². The lowest BCUT2D eigenvalue weighted by atomic mass is 9.50. The quantitative estimate of drug-likeness (QED) is 0.375. The zero-order valence-electron chi connectivity index (χ0n) is 18.0. The number of allylic oxidation sites excluding steroid dienone is 1. The first-order valence-electron chi connectivity index (χ1n) is 11.2. The molecule has 29 heavy (non-hydrogen) atoms. The van der Waals surface area contributed by atoms with Gasteiger partial charge in [0.1, 0.15) is 11.7 Å². The Bertz CT molecular complexity index is 776. The van der Waals surface area contributed by atoms with E-state index in [2.05, 4.69) is 25.3 Å². The highest BCUT2D eigenvalue weighted by Gasteiger charge is 2.63. The third-order valence-corrected chi connectivity index (χ3v) is 8.58. The number of hydrogen-bond donors (Lipinski definition) is 0. The van der Waals surface area contributed by atoms with Gasteiger partial charge >= 0.3 is 11.9 Å². The lowest BCUT2D eigenvalue weighted by Gasteiger charge is -2.55. The number of ether oxygens (including phenoxy) is 2. The van der Waals surface area contributed by atoms with Gasteiger partial charge in [-0.25, -0.2) is 0 Å². The van der Waals surface area contributed by atoms with Gasteiger partial charge in [0.2, 0.25) is 0 Å². The molecule has 158 valence electrons. The maximum Gasteiger partial charge on any atom is 0.303 e. The molecule has 0 N–H and O–H groups in total. The Kier molecular flexibility index (Phi) is 5.27. The van der Waals surface area contributed by atoms with Crippen molar-refractivity contribution in [3.05, 3.63) is 30.0 Å². The van der Waals surface area contributed by atoms with Crippen molar-refractivity contribution in [3.63, 3.8) is 0 Å². The molecule has 4 aliphatic carbocycles. The van der Waals surface area contributed by atoms with Crippen molar-refractivity contribution in [3.8, 4) is 0 Å². The summed E-state index contributed by atoms with van der Waals surface area (Å²) in [6.45, 7) is 9.14. The largest absolute Gasteiger partial charge is 0.458 e. The molecule has 0 aliphatic heterocycles. The third-order valence-electron chi connectivity index (χ3n) is 8.58. The Hall–Kier alpha value is -1.80. The van der Waals surface area contributed by atoms with Crippen LogP contribution >= 0.6 is 0 Å². The normalized spacial score (nSPS) is 43.0. The number of hydrogen-bond acceptors (Lipinski definition) is 4. The molecule has 4 aliphatic rings. The van der Waals surface area contributed by atoms with E-state index in [0.717, 1.165) is 38.5 Å². The lowest BCUT2D eigenvalue weighted by Crippen LogP contribution is -2.53. The first kappa shape index (κ1) is 20.5. The van der Waals surface area contributed by atoms with Crippen molar-refractivity contribution < 1.29 is 19.1 Å². The predicted octanol–water partition coefficient (Wildman–Crippen LogP) is 5.13. The fourth-order valence-corrected chi connectivity index (χ4v) is 7.49. The van der Waals surface area contributed by atoms with Crippen molar-refractivity contribution in [2.45, 2.75) is 83.8 Å². The number of rotatable bonds is 3. The number of fused-ring (bicyclic) bond motifs is 5. The lowest BCUT2D eigenvalue weighted by molar-refractivity contribution is -0.169. The Labute approximate surface area is 174 Å². The molecular weight excluding hydrogens is 364 g/mol. The van der Waals surface area contributed by atoms with Gasteiger partial charge in [0, 0.05) is 25.3 Å². The van der Waals surface area contributed by atoms with Crippen LogP contribution < -0.4 is 0 Å². The van der Waals surface area contributed by atoms with Crippen molar-refractivity contribution in [1.29, 1.82) is 0 Å². The highest BCUT2D eigenvalue weighted by molar-refractivity contribution is 5.67. The van der Waals surface area contributed by atoms with Crippen LogP contribution in [0.5, 0.6) is 0 Å². The van der Waals surface area contributed by atoms with Crippen LogP contribution in [0.15, 0.2) is 30.0 Å². The molecule has 0 heterocycles. The number of carbonyl (C=O) groups excluding carboxylic acids is 2. The summed E-state index contributed by atoms with van der Waals surface area (Å²) in [5.41, 5.74) is 3.87. The second-order valence-electron chi connectivity index (χ2n) is 9.87. The summed E-state index contributed by atoms with van der Waals surface area (Å²) < 4.78 is 11.5. The summed E-state index contributed by atoms with van der Waals surface area (Å²) in [5.74, 6) is 2.18. The summed E-state index contributed by atoms with van der Waals surface area (Å²) in [4.78, 5) is 23.3. The molecule has 0 amide bonds. The predicted molar refractivity (Wildman–Crippen MR) is 111 cm³/mol. The number of esters is 2. The fourth-order valence-electron chi connectivity index (χ4n) is 7.49. The van der Waals surface area contributed by atoms with E-state index in [1.165, 1.54) is 32.3 Å². The van der Waals surface area contributed by atoms with E-state index in [9.17, 15) is 9.59 Å². The van der Waals surface area contributed by atoms with Gasteiger partial charge in [-0.2, -0.15) is 0 Å². The Morgan fingerprint density at radius 3 is 2.59 bits per heavy atom. The van der Waals surface area contributed by atoms with E-state index in [-0.39, 0.29) is 23.5 Å². The minimum absolute atomic E-state index is 0.0371. The summed E-state index contributed by atoms with van der Waals surface area (Å²) in [6, 6.07) is 0. The van der Waals surface area contributed by atoms with Crippen LogP contribution in [0.3, 0.4) is 0 Å². The summed E-state index contributed by atoms with van der Waals surface area (Å²) in [5, 5.41) is 0. The summed E-state index contributed by atoms with van der Waals surface area (Å²) >= 11 is 0. The van der Waals surface area contributed by atoms with Gasteiger partial charge in [-0.1, -0.05) is 19.1 Å². The molecular formula is C25H34O4. The molecule has 0 unspecified atom stereocenters. The second-order valence-corrected chi connectivity index (χ2v) is 9.87. The molecule has 0 bridgehead atoms. The van der Waals surface area contributed by atoms with E-state index >= 15 is 0 Å². The third kappa shape index (κ3) is 3.30. The molecule has 0 aromatic carbocycles. The first-order valence-corrected chi connectivity index (χ1v) is 11.2. The van der Waals surface area contributed by atoms with Gasteiger partial charge in [-0.3, -0.25) is 9.59 Å². The van der Waals surface area contributed by atoms with Crippen LogP contribution in [-0.4, -0.2) is 23.6 Å². The topological polar surface area (TPSA) is 52.6 Å². The van der Waals surface area contributed by atoms with Crippen molar-refractivity contribution in [2.75, 3.05) is 0 Å². The molecule has 4 nitrogen and oxygen atoms in total. The van der Waals surface area contributed by atoms with E-state index in [1.54, 1.807) is 0 Å².